The molecule has 188 valence electrons. The predicted molar refractivity (Wildman–Crippen MR) is 117 cm³/mol. The topological polar surface area (TPSA) is 80.5 Å². The average molecular weight is 528 g/mol. The Kier molecular flexibility index (Phi) is 6.07. The molecule has 3 aromatic rings. The van der Waals surface area contributed by atoms with E-state index in [0.717, 1.165) is 6.08 Å². The van der Waals surface area contributed by atoms with Gasteiger partial charge in [-0.3, -0.25) is 10.1 Å². The van der Waals surface area contributed by atoms with Crippen LogP contribution in [0.4, 0.5) is 32.0 Å². The van der Waals surface area contributed by atoms with Crippen LogP contribution in [0.5, 0.6) is 0 Å². The van der Waals surface area contributed by atoms with Gasteiger partial charge in [-0.1, -0.05) is 48.5 Å². The van der Waals surface area contributed by atoms with Crippen LogP contribution in [0.15, 0.2) is 83.4 Å². The van der Waals surface area contributed by atoms with E-state index in [9.17, 15) is 44.9 Å². The molecule has 0 aliphatic carbocycles. The first-order valence-electron chi connectivity index (χ1n) is 10.0. The van der Waals surface area contributed by atoms with Crippen LogP contribution in [0, 0.1) is 10.1 Å². The highest BCUT2D eigenvalue weighted by Gasteiger charge is 2.45. The third-order valence-corrected chi connectivity index (χ3v) is 7.19. The minimum Gasteiger partial charge on any atom is -0.259 e. The number of benzene rings is 3. The van der Waals surface area contributed by atoms with Gasteiger partial charge in [0.25, 0.3) is 15.7 Å². The lowest BCUT2D eigenvalue weighted by Gasteiger charge is -2.35. The van der Waals surface area contributed by atoms with Crippen molar-refractivity contribution in [3.63, 3.8) is 0 Å². The number of alkyl halides is 6. The lowest BCUT2D eigenvalue weighted by Crippen LogP contribution is -2.39. The van der Waals surface area contributed by atoms with Crippen LogP contribution < -0.4 is 4.31 Å². The summed E-state index contributed by atoms with van der Waals surface area (Å²) in [6, 6.07) is 10.9. The molecule has 13 heteroatoms. The Labute approximate surface area is 200 Å². The van der Waals surface area contributed by atoms with Crippen LogP contribution >= 0.6 is 0 Å². The third-order valence-electron chi connectivity index (χ3n) is 5.44. The van der Waals surface area contributed by atoms with Crippen LogP contribution in [0.3, 0.4) is 0 Å². The highest BCUT2D eigenvalue weighted by Crippen LogP contribution is 2.45. The zero-order valence-corrected chi connectivity index (χ0v) is 18.6. The quantitative estimate of drug-likeness (QED) is 0.226. The monoisotopic (exact) mass is 528 g/mol. The number of anilines is 1. The standard InChI is InChI=1S/C23H14F6N2O4S/c24-22(25,26)16-11-17(23(27,28)29)13-18(12-16)36(34,35)30-19-9-5-4-8-15(19)10-20(31(32)33)21(30)14-6-2-1-3-7-14/h1-13,21H/t21-/m0/s1. The number of halogens is 6. The maximum absolute atomic E-state index is 13.8. The largest absolute Gasteiger partial charge is 0.416 e. The second-order valence-corrected chi connectivity index (χ2v) is 9.56. The molecule has 0 saturated carbocycles. The molecule has 6 nitrogen and oxygen atoms in total. The number of nitrogens with zero attached hydrogens (tertiary/aromatic N) is 2. The Morgan fingerprint density at radius 3 is 1.86 bits per heavy atom. The zero-order valence-electron chi connectivity index (χ0n) is 17.8. The highest BCUT2D eigenvalue weighted by molar-refractivity contribution is 7.92. The number of nitro groups is 1. The second-order valence-electron chi connectivity index (χ2n) is 7.74. The van der Waals surface area contributed by atoms with Gasteiger partial charge in [0.15, 0.2) is 6.04 Å². The number of para-hydroxylation sites is 1. The molecule has 0 amide bonds. The van der Waals surface area contributed by atoms with Crippen LogP contribution in [-0.4, -0.2) is 13.3 Å². The van der Waals surface area contributed by atoms with Crippen LogP contribution in [-0.2, 0) is 22.4 Å². The summed E-state index contributed by atoms with van der Waals surface area (Å²) in [6.07, 6.45) is -9.47. The van der Waals surface area contributed by atoms with Crippen molar-refractivity contribution < 1.29 is 39.7 Å². The van der Waals surface area contributed by atoms with Gasteiger partial charge in [-0.2, -0.15) is 26.3 Å². The van der Waals surface area contributed by atoms with Crippen LogP contribution in [0.1, 0.15) is 28.3 Å². The minimum atomic E-state index is -5.30. The molecule has 4 rings (SSSR count). The fourth-order valence-corrected chi connectivity index (χ4v) is 5.57. The molecule has 0 radical (unpaired) electrons. The summed E-state index contributed by atoms with van der Waals surface area (Å²) in [7, 11) is -5.22. The van der Waals surface area contributed by atoms with Crippen molar-refractivity contribution in [2.45, 2.75) is 23.3 Å². The summed E-state index contributed by atoms with van der Waals surface area (Å²) in [4.78, 5) is 9.79. The van der Waals surface area contributed by atoms with Crippen molar-refractivity contribution >= 4 is 21.8 Å². The van der Waals surface area contributed by atoms with Crippen molar-refractivity contribution in [1.29, 1.82) is 0 Å². The number of hydrogen-bond donors (Lipinski definition) is 0. The summed E-state index contributed by atoms with van der Waals surface area (Å²) in [5.41, 5.74) is -4.32. The molecule has 0 bridgehead atoms. The molecule has 0 aromatic heterocycles. The van der Waals surface area contributed by atoms with E-state index in [-0.39, 0.29) is 35.0 Å². The first-order valence-corrected chi connectivity index (χ1v) is 11.5. The van der Waals surface area contributed by atoms with Crippen LogP contribution in [0.2, 0.25) is 0 Å². The van der Waals surface area contributed by atoms with E-state index in [2.05, 4.69) is 0 Å². The fraction of sp³-hybridized carbons (Fsp3) is 0.130. The van der Waals surface area contributed by atoms with Crippen molar-refractivity contribution in [2.75, 3.05) is 4.31 Å². The predicted octanol–water partition coefficient (Wildman–Crippen LogP) is 6.29. The molecule has 0 saturated heterocycles. The molecule has 1 atom stereocenters. The highest BCUT2D eigenvalue weighted by atomic mass is 32.2. The van der Waals surface area contributed by atoms with Gasteiger partial charge in [-0.25, -0.2) is 12.7 Å². The van der Waals surface area contributed by atoms with E-state index in [1.165, 1.54) is 48.5 Å². The Bertz CT molecular complexity index is 1440. The minimum absolute atomic E-state index is 0.0444. The van der Waals surface area contributed by atoms with E-state index in [0.29, 0.717) is 4.31 Å². The summed E-state index contributed by atoms with van der Waals surface area (Å²) >= 11 is 0. The number of rotatable bonds is 4. The van der Waals surface area contributed by atoms with Crippen molar-refractivity contribution in [3.8, 4) is 0 Å². The smallest absolute Gasteiger partial charge is 0.259 e. The van der Waals surface area contributed by atoms with Crippen molar-refractivity contribution in [2.24, 2.45) is 0 Å². The zero-order chi connectivity index (χ0) is 26.5. The first kappa shape index (κ1) is 25.2. The number of fused-ring (bicyclic) bond motifs is 1. The van der Waals surface area contributed by atoms with Gasteiger partial charge in [0.1, 0.15) is 0 Å². The maximum atomic E-state index is 13.8. The van der Waals surface area contributed by atoms with Gasteiger partial charge in [0.2, 0.25) is 0 Å². The summed E-state index contributed by atoms with van der Waals surface area (Å²) in [6.45, 7) is 0. The lowest BCUT2D eigenvalue weighted by molar-refractivity contribution is -0.428. The van der Waals surface area contributed by atoms with E-state index < -0.39 is 55.1 Å². The fourth-order valence-electron chi connectivity index (χ4n) is 3.86. The molecule has 1 heterocycles. The van der Waals surface area contributed by atoms with Crippen LogP contribution in [0.25, 0.3) is 6.08 Å². The summed E-state index contributed by atoms with van der Waals surface area (Å²) in [5.74, 6) is 0. The molecule has 36 heavy (non-hydrogen) atoms. The van der Waals surface area contributed by atoms with Crippen molar-refractivity contribution in [1.82, 2.24) is 0 Å². The molecular weight excluding hydrogens is 514 g/mol. The van der Waals surface area contributed by atoms with Gasteiger partial charge in [-0.15, -0.1) is 0 Å². The molecule has 0 fully saturated rings. The molecule has 0 N–H and O–H groups in total. The molecular formula is C23H14F6N2O4S. The lowest BCUT2D eigenvalue weighted by atomic mass is 9.97. The number of hydrogen-bond acceptors (Lipinski definition) is 4. The third kappa shape index (κ3) is 4.53. The molecule has 0 spiro atoms. The van der Waals surface area contributed by atoms with E-state index in [4.69, 9.17) is 0 Å². The molecule has 1 aliphatic rings. The van der Waals surface area contributed by atoms with E-state index in [1.807, 2.05) is 0 Å². The van der Waals surface area contributed by atoms with Gasteiger partial charge < -0.3 is 0 Å². The Balaban J connectivity index is 2.04. The summed E-state index contributed by atoms with van der Waals surface area (Å²) in [5, 5.41) is 11.9. The molecule has 1 aliphatic heterocycles. The summed E-state index contributed by atoms with van der Waals surface area (Å²) < 4.78 is 109. The van der Waals surface area contributed by atoms with E-state index >= 15 is 0 Å². The Morgan fingerprint density at radius 1 is 0.806 bits per heavy atom. The van der Waals surface area contributed by atoms with Crippen molar-refractivity contribution in [3.05, 3.63) is 111 Å². The Hall–Kier alpha value is -3.87. The SMILES string of the molecule is O=[N+]([O-])C1=Cc2ccccc2N(S(=O)(=O)c2cc(C(F)(F)F)cc(C(F)(F)F)c2)[C@H]1c1ccccc1. The number of sulfonamides is 1. The van der Waals surface area contributed by atoms with Gasteiger partial charge in [0, 0.05) is 11.6 Å². The van der Waals surface area contributed by atoms with Gasteiger partial charge in [-0.05, 0) is 29.8 Å². The average Bonchev–Trinajstić information content (AvgIpc) is 2.81. The Morgan fingerprint density at radius 2 is 1.33 bits per heavy atom. The normalized spacial score (nSPS) is 16.3. The molecule has 0 unspecified atom stereocenters. The maximum Gasteiger partial charge on any atom is 0.416 e. The van der Waals surface area contributed by atoms with Gasteiger partial charge >= 0.3 is 12.4 Å². The second kappa shape index (κ2) is 8.66. The van der Waals surface area contributed by atoms with E-state index in [1.54, 1.807) is 6.07 Å². The van der Waals surface area contributed by atoms with Gasteiger partial charge in [0.05, 0.1) is 26.6 Å². The first-order chi connectivity index (χ1) is 16.7. The molecule has 3 aromatic carbocycles.